The lowest BCUT2D eigenvalue weighted by Crippen LogP contribution is -2.38. The second-order valence-corrected chi connectivity index (χ2v) is 6.32. The van der Waals surface area contributed by atoms with Gasteiger partial charge in [0.1, 0.15) is 0 Å². The van der Waals surface area contributed by atoms with Gasteiger partial charge < -0.3 is 10.1 Å². The van der Waals surface area contributed by atoms with Crippen molar-refractivity contribution >= 4 is 21.8 Å². The number of aromatic nitrogens is 2. The number of hydrogen-bond acceptors (Lipinski definition) is 3. The summed E-state index contributed by atoms with van der Waals surface area (Å²) in [5.74, 6) is 0.658. The van der Waals surface area contributed by atoms with Gasteiger partial charge in [-0.25, -0.2) is 4.68 Å². The van der Waals surface area contributed by atoms with Gasteiger partial charge in [0.15, 0.2) is 6.10 Å². The van der Waals surface area contributed by atoms with E-state index < -0.39 is 6.10 Å². The van der Waals surface area contributed by atoms with Gasteiger partial charge in [-0.05, 0) is 40.9 Å². The van der Waals surface area contributed by atoms with E-state index in [0.717, 1.165) is 5.69 Å². The Morgan fingerprint density at radius 2 is 2.00 bits per heavy atom. The fraction of sp³-hybridized carbons (Fsp3) is 0.375. The van der Waals surface area contributed by atoms with E-state index in [4.69, 9.17) is 4.74 Å². The van der Waals surface area contributed by atoms with E-state index in [0.29, 0.717) is 22.8 Å². The Morgan fingerprint density at radius 3 is 2.64 bits per heavy atom. The van der Waals surface area contributed by atoms with Crippen molar-refractivity contribution in [3.8, 4) is 11.6 Å². The highest BCUT2D eigenvalue weighted by atomic mass is 79.9. The standard InChI is InChI=1S/C16H20BrN3O2/c1-11(2)9-18-15(21)12(3)22-16-14(17)10-20(19-16)13-7-5-4-6-8-13/h4-8,10-12H,9H2,1-3H3,(H,18,21)/t12-/m1/s1. The van der Waals surface area contributed by atoms with Gasteiger partial charge in [-0.15, -0.1) is 5.10 Å². The van der Waals surface area contributed by atoms with Gasteiger partial charge >= 0.3 is 0 Å². The van der Waals surface area contributed by atoms with Crippen LogP contribution in [0, 0.1) is 5.92 Å². The van der Waals surface area contributed by atoms with Crippen molar-refractivity contribution in [2.24, 2.45) is 5.92 Å². The van der Waals surface area contributed by atoms with Crippen LogP contribution in [0.5, 0.6) is 5.88 Å². The molecule has 6 heteroatoms. The molecular weight excluding hydrogens is 346 g/mol. The maximum atomic E-state index is 12.0. The molecule has 0 saturated heterocycles. The van der Waals surface area contributed by atoms with Crippen molar-refractivity contribution in [2.45, 2.75) is 26.9 Å². The third-order valence-corrected chi connectivity index (χ3v) is 3.55. The summed E-state index contributed by atoms with van der Waals surface area (Å²) in [6.07, 6.45) is 1.21. The maximum Gasteiger partial charge on any atom is 0.260 e. The first-order valence-corrected chi connectivity index (χ1v) is 8.01. The van der Waals surface area contributed by atoms with Crippen molar-refractivity contribution in [3.63, 3.8) is 0 Å². The lowest BCUT2D eigenvalue weighted by Gasteiger charge is -2.14. The van der Waals surface area contributed by atoms with E-state index >= 15 is 0 Å². The molecule has 2 aromatic rings. The predicted molar refractivity (Wildman–Crippen MR) is 89.2 cm³/mol. The fourth-order valence-corrected chi connectivity index (χ4v) is 2.17. The number of para-hydroxylation sites is 1. The van der Waals surface area contributed by atoms with Crippen LogP contribution in [0.1, 0.15) is 20.8 Å². The fourth-order valence-electron chi connectivity index (χ4n) is 1.80. The molecule has 1 aromatic carbocycles. The van der Waals surface area contributed by atoms with E-state index in [1.807, 2.05) is 50.4 Å². The average Bonchev–Trinajstić information content (AvgIpc) is 2.86. The number of rotatable bonds is 6. The zero-order valence-electron chi connectivity index (χ0n) is 12.9. The second kappa shape index (κ2) is 7.45. The monoisotopic (exact) mass is 365 g/mol. The molecule has 0 aliphatic carbocycles. The van der Waals surface area contributed by atoms with Crippen LogP contribution in [-0.2, 0) is 4.79 Å². The predicted octanol–water partition coefficient (Wildman–Crippen LogP) is 3.17. The summed E-state index contributed by atoms with van der Waals surface area (Å²) in [6.45, 7) is 6.43. The number of nitrogens with zero attached hydrogens (tertiary/aromatic N) is 2. The number of hydrogen-bond donors (Lipinski definition) is 1. The van der Waals surface area contributed by atoms with E-state index in [1.54, 1.807) is 11.6 Å². The van der Waals surface area contributed by atoms with Crippen molar-refractivity contribution in [2.75, 3.05) is 6.54 Å². The number of halogens is 1. The van der Waals surface area contributed by atoms with Crippen LogP contribution in [0.2, 0.25) is 0 Å². The molecule has 0 fully saturated rings. The minimum atomic E-state index is -0.603. The Kier molecular flexibility index (Phi) is 5.60. The summed E-state index contributed by atoms with van der Waals surface area (Å²) in [4.78, 5) is 12.0. The molecule has 0 spiro atoms. The number of carbonyl (C=O) groups is 1. The van der Waals surface area contributed by atoms with Crippen LogP contribution < -0.4 is 10.1 Å². The largest absolute Gasteiger partial charge is 0.463 e. The zero-order valence-corrected chi connectivity index (χ0v) is 14.5. The molecule has 1 N–H and O–H groups in total. The molecule has 1 heterocycles. The van der Waals surface area contributed by atoms with Gasteiger partial charge in [-0.3, -0.25) is 4.79 Å². The van der Waals surface area contributed by atoms with E-state index in [9.17, 15) is 4.79 Å². The van der Waals surface area contributed by atoms with Crippen molar-refractivity contribution in [1.29, 1.82) is 0 Å². The van der Waals surface area contributed by atoms with Crippen molar-refractivity contribution in [1.82, 2.24) is 15.1 Å². The van der Waals surface area contributed by atoms with Crippen LogP contribution in [0.3, 0.4) is 0 Å². The number of carbonyl (C=O) groups excluding carboxylic acids is 1. The minimum absolute atomic E-state index is 0.144. The third kappa shape index (κ3) is 4.34. The zero-order chi connectivity index (χ0) is 16.1. The Labute approximate surface area is 138 Å². The number of amides is 1. The number of benzene rings is 1. The Hall–Kier alpha value is -1.82. The molecule has 118 valence electrons. The van der Waals surface area contributed by atoms with E-state index in [1.165, 1.54) is 0 Å². The first-order chi connectivity index (χ1) is 10.5. The number of ether oxygens (including phenoxy) is 1. The van der Waals surface area contributed by atoms with Gasteiger partial charge in [-0.2, -0.15) is 0 Å². The molecule has 5 nitrogen and oxygen atoms in total. The van der Waals surface area contributed by atoms with Crippen LogP contribution >= 0.6 is 15.9 Å². The Morgan fingerprint density at radius 1 is 1.32 bits per heavy atom. The SMILES string of the molecule is CC(C)CNC(=O)[C@@H](C)Oc1nn(-c2ccccc2)cc1Br. The third-order valence-electron chi connectivity index (χ3n) is 3.00. The molecule has 1 atom stereocenters. The lowest BCUT2D eigenvalue weighted by molar-refractivity contribution is -0.127. The molecule has 0 saturated carbocycles. The van der Waals surface area contributed by atoms with Crippen LogP contribution in [0.4, 0.5) is 0 Å². The average molecular weight is 366 g/mol. The lowest BCUT2D eigenvalue weighted by atomic mass is 10.2. The molecule has 0 aliphatic rings. The summed E-state index contributed by atoms with van der Waals surface area (Å²) in [7, 11) is 0. The van der Waals surface area contributed by atoms with Gasteiger partial charge in [0.05, 0.1) is 10.2 Å². The molecule has 1 aromatic heterocycles. The Bertz CT molecular complexity index is 626. The summed E-state index contributed by atoms with van der Waals surface area (Å²) in [6, 6.07) is 9.71. The summed E-state index contributed by atoms with van der Waals surface area (Å²) < 4.78 is 8.07. The van der Waals surface area contributed by atoms with Crippen LogP contribution in [0.25, 0.3) is 5.69 Å². The highest BCUT2D eigenvalue weighted by Gasteiger charge is 2.18. The quantitative estimate of drug-likeness (QED) is 0.855. The van der Waals surface area contributed by atoms with Gasteiger partial charge in [0, 0.05) is 12.7 Å². The van der Waals surface area contributed by atoms with Gasteiger partial charge in [-0.1, -0.05) is 32.0 Å². The topological polar surface area (TPSA) is 56.1 Å². The highest BCUT2D eigenvalue weighted by Crippen LogP contribution is 2.25. The van der Waals surface area contributed by atoms with Crippen molar-refractivity contribution in [3.05, 3.63) is 41.0 Å². The molecule has 0 unspecified atom stereocenters. The molecule has 0 radical (unpaired) electrons. The normalized spacial score (nSPS) is 12.2. The van der Waals surface area contributed by atoms with Crippen LogP contribution in [0.15, 0.2) is 41.0 Å². The molecule has 1 amide bonds. The first kappa shape index (κ1) is 16.5. The summed E-state index contributed by atoms with van der Waals surface area (Å²) in [5.41, 5.74) is 0.926. The Balaban J connectivity index is 2.04. The van der Waals surface area contributed by atoms with E-state index in [2.05, 4.69) is 26.3 Å². The van der Waals surface area contributed by atoms with Crippen LogP contribution in [-0.4, -0.2) is 28.3 Å². The second-order valence-electron chi connectivity index (χ2n) is 5.46. The number of nitrogens with one attached hydrogen (secondary N) is 1. The minimum Gasteiger partial charge on any atom is -0.463 e. The van der Waals surface area contributed by atoms with Gasteiger partial charge in [0.2, 0.25) is 5.88 Å². The van der Waals surface area contributed by atoms with Gasteiger partial charge in [0.25, 0.3) is 5.91 Å². The summed E-state index contributed by atoms with van der Waals surface area (Å²) in [5, 5.41) is 7.21. The van der Waals surface area contributed by atoms with E-state index in [-0.39, 0.29) is 5.91 Å². The molecular formula is C16H20BrN3O2. The summed E-state index contributed by atoms with van der Waals surface area (Å²) >= 11 is 3.41. The molecule has 22 heavy (non-hydrogen) atoms. The smallest absolute Gasteiger partial charge is 0.260 e. The molecule has 0 bridgehead atoms. The highest BCUT2D eigenvalue weighted by molar-refractivity contribution is 9.10. The molecule has 0 aliphatic heterocycles. The molecule has 2 rings (SSSR count). The first-order valence-electron chi connectivity index (χ1n) is 7.22. The maximum absolute atomic E-state index is 12.0. The van der Waals surface area contributed by atoms with Crippen molar-refractivity contribution < 1.29 is 9.53 Å².